The standard InChI is InChI=1S/C20H26N2O3S/c1-5-22(6-2)26(24,25)18-12-10-17(11-13-18)14-21-20(23)19-9-7-8-15(3)16(19)4/h7-13H,5-6,14H2,1-4H3,(H,21,23). The maximum Gasteiger partial charge on any atom is 0.251 e. The van der Waals surface area contributed by atoms with E-state index in [1.165, 1.54) is 4.31 Å². The zero-order valence-electron chi connectivity index (χ0n) is 15.7. The lowest BCUT2D eigenvalue weighted by Crippen LogP contribution is -2.30. The monoisotopic (exact) mass is 374 g/mol. The molecule has 0 aliphatic heterocycles. The quantitative estimate of drug-likeness (QED) is 0.809. The summed E-state index contributed by atoms with van der Waals surface area (Å²) in [6, 6.07) is 12.3. The van der Waals surface area contributed by atoms with Crippen LogP contribution in [0, 0.1) is 13.8 Å². The number of aryl methyl sites for hydroxylation is 1. The van der Waals surface area contributed by atoms with Crippen molar-refractivity contribution in [1.29, 1.82) is 0 Å². The van der Waals surface area contributed by atoms with E-state index in [-0.39, 0.29) is 10.8 Å². The Balaban J connectivity index is 2.08. The van der Waals surface area contributed by atoms with Crippen LogP contribution in [0.5, 0.6) is 0 Å². The van der Waals surface area contributed by atoms with E-state index in [2.05, 4.69) is 5.32 Å². The van der Waals surface area contributed by atoms with Gasteiger partial charge in [-0.2, -0.15) is 4.31 Å². The Labute approximate surface area is 156 Å². The molecule has 0 spiro atoms. The molecule has 0 unspecified atom stereocenters. The number of sulfonamides is 1. The molecule has 1 N–H and O–H groups in total. The molecule has 0 saturated carbocycles. The SMILES string of the molecule is CCN(CC)S(=O)(=O)c1ccc(CNC(=O)c2cccc(C)c2C)cc1. The van der Waals surface area contributed by atoms with Gasteiger partial charge >= 0.3 is 0 Å². The summed E-state index contributed by atoms with van der Waals surface area (Å²) in [6.45, 7) is 8.76. The number of carbonyl (C=O) groups excluding carboxylic acids is 1. The molecule has 6 heteroatoms. The Morgan fingerprint density at radius 1 is 1.00 bits per heavy atom. The van der Waals surface area contributed by atoms with E-state index in [1.807, 2.05) is 39.8 Å². The smallest absolute Gasteiger partial charge is 0.251 e. The molecule has 0 fully saturated rings. The molecule has 2 aromatic rings. The first-order valence-corrected chi connectivity index (χ1v) is 10.2. The van der Waals surface area contributed by atoms with Gasteiger partial charge in [-0.1, -0.05) is 38.1 Å². The first-order valence-electron chi connectivity index (χ1n) is 8.74. The Bertz CT molecular complexity index is 870. The maximum atomic E-state index is 12.5. The lowest BCUT2D eigenvalue weighted by molar-refractivity contribution is 0.0950. The lowest BCUT2D eigenvalue weighted by atomic mass is 10.0. The van der Waals surface area contributed by atoms with Crippen LogP contribution in [-0.2, 0) is 16.6 Å². The van der Waals surface area contributed by atoms with Crippen LogP contribution >= 0.6 is 0 Å². The Hall–Kier alpha value is -2.18. The van der Waals surface area contributed by atoms with Gasteiger partial charge in [0.1, 0.15) is 0 Å². The summed E-state index contributed by atoms with van der Waals surface area (Å²) in [4.78, 5) is 12.6. The van der Waals surface area contributed by atoms with Gasteiger partial charge in [-0.25, -0.2) is 8.42 Å². The van der Waals surface area contributed by atoms with Crippen LogP contribution in [0.1, 0.15) is 40.9 Å². The fourth-order valence-electron chi connectivity index (χ4n) is 2.77. The third-order valence-electron chi connectivity index (χ3n) is 4.57. The molecule has 0 heterocycles. The summed E-state index contributed by atoms with van der Waals surface area (Å²) in [6.07, 6.45) is 0. The summed E-state index contributed by atoms with van der Waals surface area (Å²) in [5.74, 6) is -0.133. The van der Waals surface area contributed by atoms with Crippen molar-refractivity contribution in [2.75, 3.05) is 13.1 Å². The van der Waals surface area contributed by atoms with Gasteiger partial charge in [0, 0.05) is 25.2 Å². The number of hydrogen-bond acceptors (Lipinski definition) is 3. The predicted octanol–water partition coefficient (Wildman–Crippen LogP) is 3.26. The molecular formula is C20H26N2O3S. The van der Waals surface area contributed by atoms with Crippen molar-refractivity contribution in [3.63, 3.8) is 0 Å². The van der Waals surface area contributed by atoms with Crippen LogP contribution in [0.2, 0.25) is 0 Å². The van der Waals surface area contributed by atoms with Gasteiger partial charge in [0.05, 0.1) is 4.90 Å². The zero-order valence-corrected chi connectivity index (χ0v) is 16.6. The molecule has 0 saturated heterocycles. The third-order valence-corrected chi connectivity index (χ3v) is 6.63. The van der Waals surface area contributed by atoms with E-state index < -0.39 is 10.0 Å². The van der Waals surface area contributed by atoms with Crippen molar-refractivity contribution < 1.29 is 13.2 Å². The Kier molecular flexibility index (Phi) is 6.56. The second-order valence-corrected chi connectivity index (χ2v) is 8.10. The van der Waals surface area contributed by atoms with E-state index in [0.29, 0.717) is 25.2 Å². The molecule has 5 nitrogen and oxygen atoms in total. The van der Waals surface area contributed by atoms with E-state index in [4.69, 9.17) is 0 Å². The lowest BCUT2D eigenvalue weighted by Gasteiger charge is -2.18. The number of hydrogen-bond donors (Lipinski definition) is 1. The average molecular weight is 375 g/mol. The van der Waals surface area contributed by atoms with Crippen molar-refractivity contribution in [2.45, 2.75) is 39.1 Å². The third kappa shape index (κ3) is 4.31. The van der Waals surface area contributed by atoms with Gasteiger partial charge in [-0.15, -0.1) is 0 Å². The van der Waals surface area contributed by atoms with Gasteiger partial charge < -0.3 is 5.32 Å². The fourth-order valence-corrected chi connectivity index (χ4v) is 4.22. The fraction of sp³-hybridized carbons (Fsp3) is 0.350. The molecule has 0 aliphatic rings. The number of benzene rings is 2. The molecule has 2 rings (SSSR count). The highest BCUT2D eigenvalue weighted by atomic mass is 32.2. The topological polar surface area (TPSA) is 66.5 Å². The summed E-state index contributed by atoms with van der Waals surface area (Å²) in [5, 5.41) is 2.89. The van der Waals surface area contributed by atoms with Crippen LogP contribution in [0.25, 0.3) is 0 Å². The number of rotatable bonds is 7. The summed E-state index contributed by atoms with van der Waals surface area (Å²) >= 11 is 0. The second kappa shape index (κ2) is 8.47. The molecule has 2 aromatic carbocycles. The largest absolute Gasteiger partial charge is 0.348 e. The van der Waals surface area contributed by atoms with Crippen LogP contribution in [-0.4, -0.2) is 31.7 Å². The highest BCUT2D eigenvalue weighted by Crippen LogP contribution is 2.17. The Morgan fingerprint density at radius 2 is 1.62 bits per heavy atom. The van der Waals surface area contributed by atoms with Gasteiger partial charge in [0.25, 0.3) is 5.91 Å². The maximum absolute atomic E-state index is 12.5. The van der Waals surface area contributed by atoms with Gasteiger partial charge in [0.15, 0.2) is 0 Å². The molecule has 140 valence electrons. The molecule has 1 amide bonds. The highest BCUT2D eigenvalue weighted by molar-refractivity contribution is 7.89. The number of nitrogens with one attached hydrogen (secondary N) is 1. The average Bonchev–Trinajstić information content (AvgIpc) is 2.63. The highest BCUT2D eigenvalue weighted by Gasteiger charge is 2.21. The number of carbonyl (C=O) groups is 1. The van der Waals surface area contributed by atoms with Crippen molar-refractivity contribution >= 4 is 15.9 Å². The van der Waals surface area contributed by atoms with Crippen molar-refractivity contribution in [3.05, 3.63) is 64.7 Å². The minimum absolute atomic E-state index is 0.133. The van der Waals surface area contributed by atoms with Gasteiger partial charge in [0.2, 0.25) is 10.0 Å². The summed E-state index contributed by atoms with van der Waals surface area (Å²) in [5.41, 5.74) is 3.54. The van der Waals surface area contributed by atoms with Crippen molar-refractivity contribution in [1.82, 2.24) is 9.62 Å². The first kappa shape index (κ1) is 20.1. The molecule has 0 atom stereocenters. The Morgan fingerprint density at radius 3 is 2.19 bits per heavy atom. The molecule has 26 heavy (non-hydrogen) atoms. The molecule has 0 bridgehead atoms. The first-order chi connectivity index (χ1) is 12.3. The zero-order chi connectivity index (χ0) is 19.3. The van der Waals surface area contributed by atoms with Crippen LogP contribution in [0.15, 0.2) is 47.4 Å². The van der Waals surface area contributed by atoms with Gasteiger partial charge in [-0.05, 0) is 48.7 Å². The van der Waals surface area contributed by atoms with Crippen molar-refractivity contribution in [3.8, 4) is 0 Å². The number of amides is 1. The van der Waals surface area contributed by atoms with E-state index in [0.717, 1.165) is 16.7 Å². The van der Waals surface area contributed by atoms with Crippen molar-refractivity contribution in [2.24, 2.45) is 0 Å². The van der Waals surface area contributed by atoms with Gasteiger partial charge in [-0.3, -0.25) is 4.79 Å². The summed E-state index contributed by atoms with van der Waals surface area (Å²) in [7, 11) is -3.46. The summed E-state index contributed by atoms with van der Waals surface area (Å²) < 4.78 is 26.4. The second-order valence-electron chi connectivity index (χ2n) is 6.16. The molecular weight excluding hydrogens is 348 g/mol. The van der Waals surface area contributed by atoms with E-state index >= 15 is 0 Å². The minimum Gasteiger partial charge on any atom is -0.348 e. The molecule has 0 aliphatic carbocycles. The van der Waals surface area contributed by atoms with E-state index in [9.17, 15) is 13.2 Å². The van der Waals surface area contributed by atoms with Crippen LogP contribution in [0.3, 0.4) is 0 Å². The predicted molar refractivity (Wildman–Crippen MR) is 104 cm³/mol. The van der Waals surface area contributed by atoms with Crippen LogP contribution < -0.4 is 5.32 Å². The van der Waals surface area contributed by atoms with Crippen LogP contribution in [0.4, 0.5) is 0 Å². The molecule has 0 aromatic heterocycles. The minimum atomic E-state index is -3.46. The normalized spacial score (nSPS) is 11.6. The van der Waals surface area contributed by atoms with E-state index in [1.54, 1.807) is 30.3 Å². The molecule has 0 radical (unpaired) electrons. The number of nitrogens with zero attached hydrogens (tertiary/aromatic N) is 1.